The molecule has 106 valence electrons. The highest BCUT2D eigenvalue weighted by molar-refractivity contribution is 5.53. The molecule has 19 heavy (non-hydrogen) atoms. The minimum absolute atomic E-state index is 0.117. The monoisotopic (exact) mass is 266 g/mol. The van der Waals surface area contributed by atoms with Crippen LogP contribution >= 0.6 is 0 Å². The molecule has 0 aliphatic rings. The lowest BCUT2D eigenvalue weighted by molar-refractivity contribution is -0.385. The van der Waals surface area contributed by atoms with Gasteiger partial charge < -0.3 is 10.1 Å². The first-order valence-electron chi connectivity index (χ1n) is 6.33. The number of ether oxygens (including phenoxy) is 1. The fourth-order valence-electron chi connectivity index (χ4n) is 1.78. The number of anilines is 1. The van der Waals surface area contributed by atoms with Crippen LogP contribution in [0.3, 0.4) is 0 Å². The maximum absolute atomic E-state index is 10.7. The van der Waals surface area contributed by atoms with Gasteiger partial charge in [-0.05, 0) is 30.9 Å². The molecule has 1 rings (SSSR count). The molecule has 0 aliphatic carbocycles. The number of hydrogen-bond acceptors (Lipinski definition) is 4. The first-order valence-corrected chi connectivity index (χ1v) is 6.33. The van der Waals surface area contributed by atoms with Crippen molar-refractivity contribution in [2.45, 2.75) is 27.2 Å². The van der Waals surface area contributed by atoms with E-state index < -0.39 is 0 Å². The van der Waals surface area contributed by atoms with Gasteiger partial charge >= 0.3 is 0 Å². The van der Waals surface area contributed by atoms with Crippen molar-refractivity contribution in [2.75, 3.05) is 25.6 Å². The lowest BCUT2D eigenvalue weighted by atomic mass is 9.89. The Morgan fingerprint density at radius 3 is 2.63 bits per heavy atom. The number of aryl methyl sites for hydroxylation is 1. The summed E-state index contributed by atoms with van der Waals surface area (Å²) in [7, 11) is 1.70. The molecule has 0 saturated carbocycles. The first-order chi connectivity index (χ1) is 8.85. The summed E-state index contributed by atoms with van der Waals surface area (Å²) >= 11 is 0. The van der Waals surface area contributed by atoms with Crippen molar-refractivity contribution in [1.29, 1.82) is 0 Å². The minimum atomic E-state index is -0.359. The molecule has 0 atom stereocenters. The summed E-state index contributed by atoms with van der Waals surface area (Å²) in [6.07, 6.45) is 0.961. The van der Waals surface area contributed by atoms with Gasteiger partial charge in [0.2, 0.25) is 0 Å². The van der Waals surface area contributed by atoms with Crippen molar-refractivity contribution in [1.82, 2.24) is 0 Å². The number of nitro groups is 1. The maximum Gasteiger partial charge on any atom is 0.272 e. The van der Waals surface area contributed by atoms with Crippen LogP contribution in [0.4, 0.5) is 11.4 Å². The van der Waals surface area contributed by atoms with Gasteiger partial charge in [-0.25, -0.2) is 0 Å². The molecule has 0 radical (unpaired) electrons. The summed E-state index contributed by atoms with van der Waals surface area (Å²) in [5.74, 6) is 0. The second-order valence-electron chi connectivity index (χ2n) is 5.52. The molecule has 1 N–H and O–H groups in total. The van der Waals surface area contributed by atoms with Crippen LogP contribution in [-0.2, 0) is 4.74 Å². The molecule has 1 aromatic carbocycles. The van der Waals surface area contributed by atoms with Gasteiger partial charge in [-0.15, -0.1) is 0 Å². The van der Waals surface area contributed by atoms with E-state index in [0.29, 0.717) is 5.56 Å². The zero-order valence-electron chi connectivity index (χ0n) is 12.0. The van der Waals surface area contributed by atoms with Gasteiger partial charge in [0, 0.05) is 37.6 Å². The van der Waals surface area contributed by atoms with E-state index in [2.05, 4.69) is 19.2 Å². The molecule has 0 aromatic heterocycles. The molecule has 0 bridgehead atoms. The summed E-state index contributed by atoms with van der Waals surface area (Å²) in [4.78, 5) is 10.4. The smallest absolute Gasteiger partial charge is 0.272 e. The number of hydrogen-bond donors (Lipinski definition) is 1. The van der Waals surface area contributed by atoms with Crippen LogP contribution in [-0.4, -0.2) is 25.2 Å². The number of nitrogens with zero attached hydrogens (tertiary/aromatic N) is 1. The van der Waals surface area contributed by atoms with Crippen molar-refractivity contribution in [3.8, 4) is 0 Å². The number of nitrogens with one attached hydrogen (secondary N) is 1. The van der Waals surface area contributed by atoms with Crippen LogP contribution in [0.5, 0.6) is 0 Å². The van der Waals surface area contributed by atoms with Gasteiger partial charge in [-0.2, -0.15) is 0 Å². The third kappa shape index (κ3) is 4.87. The van der Waals surface area contributed by atoms with E-state index in [4.69, 9.17) is 4.74 Å². The van der Waals surface area contributed by atoms with Crippen LogP contribution in [0, 0.1) is 22.5 Å². The highest BCUT2D eigenvalue weighted by Crippen LogP contribution is 2.24. The minimum Gasteiger partial charge on any atom is -0.385 e. The van der Waals surface area contributed by atoms with Gasteiger partial charge in [0.1, 0.15) is 0 Å². The van der Waals surface area contributed by atoms with Crippen LogP contribution in [0.25, 0.3) is 0 Å². The highest BCUT2D eigenvalue weighted by Gasteiger charge is 2.17. The lowest BCUT2D eigenvalue weighted by Crippen LogP contribution is -2.24. The summed E-state index contributed by atoms with van der Waals surface area (Å²) in [5.41, 5.74) is 1.86. The largest absolute Gasteiger partial charge is 0.385 e. The molecule has 5 heteroatoms. The average Bonchev–Trinajstić information content (AvgIpc) is 2.34. The Morgan fingerprint density at radius 2 is 2.11 bits per heavy atom. The molecular formula is C14H22N2O3. The number of benzene rings is 1. The molecule has 0 fully saturated rings. The van der Waals surface area contributed by atoms with E-state index in [0.717, 1.165) is 25.3 Å². The molecule has 0 aliphatic heterocycles. The van der Waals surface area contributed by atoms with E-state index in [1.807, 2.05) is 6.07 Å². The molecular weight excluding hydrogens is 244 g/mol. The second kappa shape index (κ2) is 6.52. The van der Waals surface area contributed by atoms with Crippen molar-refractivity contribution >= 4 is 11.4 Å². The van der Waals surface area contributed by atoms with Crippen molar-refractivity contribution in [3.05, 3.63) is 33.9 Å². The second-order valence-corrected chi connectivity index (χ2v) is 5.52. The maximum atomic E-state index is 10.7. The average molecular weight is 266 g/mol. The van der Waals surface area contributed by atoms with Crippen LogP contribution in [0.1, 0.15) is 25.8 Å². The molecule has 0 amide bonds. The highest BCUT2D eigenvalue weighted by atomic mass is 16.6. The fourth-order valence-corrected chi connectivity index (χ4v) is 1.78. The number of rotatable bonds is 7. The first kappa shape index (κ1) is 15.4. The van der Waals surface area contributed by atoms with Gasteiger partial charge in [-0.3, -0.25) is 10.1 Å². The van der Waals surface area contributed by atoms with Crippen LogP contribution < -0.4 is 5.32 Å². The summed E-state index contributed by atoms with van der Waals surface area (Å²) in [6, 6.07) is 5.10. The SMILES string of the molecule is COCCC(C)(C)CNc1ccc([N+](=O)[O-])c(C)c1. The molecule has 0 unspecified atom stereocenters. The van der Waals surface area contributed by atoms with E-state index in [-0.39, 0.29) is 16.0 Å². The van der Waals surface area contributed by atoms with E-state index in [1.165, 1.54) is 0 Å². The Hall–Kier alpha value is -1.62. The summed E-state index contributed by atoms with van der Waals surface area (Å²) < 4.78 is 5.09. The van der Waals surface area contributed by atoms with Crippen LogP contribution in [0.15, 0.2) is 18.2 Å². The standard InChI is InChI=1S/C14H22N2O3/c1-11-9-12(5-6-13(11)16(17)18)15-10-14(2,3)7-8-19-4/h5-6,9,15H,7-8,10H2,1-4H3. The fraction of sp³-hybridized carbons (Fsp3) is 0.571. The summed E-state index contributed by atoms with van der Waals surface area (Å²) in [5, 5.41) is 14.1. The van der Waals surface area contributed by atoms with Crippen molar-refractivity contribution in [3.63, 3.8) is 0 Å². The Labute approximate surface area is 114 Å². The predicted molar refractivity (Wildman–Crippen MR) is 76.6 cm³/mol. The molecule has 1 aromatic rings. The third-order valence-electron chi connectivity index (χ3n) is 3.15. The third-order valence-corrected chi connectivity index (χ3v) is 3.15. The Morgan fingerprint density at radius 1 is 1.42 bits per heavy atom. The molecule has 0 saturated heterocycles. The topological polar surface area (TPSA) is 64.4 Å². The quantitative estimate of drug-likeness (QED) is 0.607. The van der Waals surface area contributed by atoms with E-state index in [1.54, 1.807) is 26.2 Å². The van der Waals surface area contributed by atoms with Crippen LogP contribution in [0.2, 0.25) is 0 Å². The normalized spacial score (nSPS) is 11.4. The van der Waals surface area contributed by atoms with E-state index >= 15 is 0 Å². The van der Waals surface area contributed by atoms with Gasteiger partial charge in [0.05, 0.1) is 4.92 Å². The number of methoxy groups -OCH3 is 1. The zero-order chi connectivity index (χ0) is 14.5. The lowest BCUT2D eigenvalue weighted by Gasteiger charge is -2.25. The molecule has 5 nitrogen and oxygen atoms in total. The Bertz CT molecular complexity index is 444. The van der Waals surface area contributed by atoms with Gasteiger partial charge in [-0.1, -0.05) is 13.8 Å². The summed E-state index contributed by atoms with van der Waals surface area (Å²) in [6.45, 7) is 7.61. The van der Waals surface area contributed by atoms with Crippen molar-refractivity contribution < 1.29 is 9.66 Å². The van der Waals surface area contributed by atoms with E-state index in [9.17, 15) is 10.1 Å². The Balaban J connectivity index is 2.63. The number of nitro benzene ring substituents is 1. The van der Waals surface area contributed by atoms with Gasteiger partial charge in [0.25, 0.3) is 5.69 Å². The van der Waals surface area contributed by atoms with Crippen molar-refractivity contribution in [2.24, 2.45) is 5.41 Å². The zero-order valence-corrected chi connectivity index (χ0v) is 12.0. The molecule has 0 heterocycles. The van der Waals surface area contributed by atoms with Gasteiger partial charge in [0.15, 0.2) is 0 Å². The molecule has 0 spiro atoms. The predicted octanol–water partition coefficient (Wildman–Crippen LogP) is 3.38. The Kier molecular flexibility index (Phi) is 5.30.